The number of imidazole rings is 1. The van der Waals surface area contributed by atoms with Gasteiger partial charge in [0.15, 0.2) is 0 Å². The van der Waals surface area contributed by atoms with Crippen LogP contribution in [0.1, 0.15) is 37.3 Å². The van der Waals surface area contributed by atoms with Gasteiger partial charge in [-0.25, -0.2) is 13.4 Å². The third kappa shape index (κ3) is 3.77. The Bertz CT molecular complexity index is 1210. The molecule has 4 heterocycles. The highest BCUT2D eigenvalue weighted by molar-refractivity contribution is 7.89. The van der Waals surface area contributed by atoms with Crippen LogP contribution in [0.15, 0.2) is 41.4 Å². The maximum Gasteiger partial charge on any atom is 0.243 e. The lowest BCUT2D eigenvalue weighted by Gasteiger charge is -2.26. The first-order valence-electron chi connectivity index (χ1n) is 11.4. The van der Waals surface area contributed by atoms with E-state index in [0.29, 0.717) is 37.2 Å². The third-order valence-corrected chi connectivity index (χ3v) is 8.65. The molecule has 2 aliphatic rings. The lowest BCUT2D eigenvalue weighted by Crippen LogP contribution is -2.40. The number of aromatic nitrogens is 3. The normalized spacial score (nSPS) is 21.0. The molecule has 2 aromatic heterocycles. The summed E-state index contributed by atoms with van der Waals surface area (Å²) in [5.41, 5.74) is 3.06. The van der Waals surface area contributed by atoms with Crippen molar-refractivity contribution in [3.8, 4) is 0 Å². The molecule has 1 atom stereocenters. The number of fused-ring (bicyclic) bond motifs is 1. The summed E-state index contributed by atoms with van der Waals surface area (Å²) in [6.45, 7) is 6.37. The largest absolute Gasteiger partial charge is 0.379 e. The van der Waals surface area contributed by atoms with E-state index in [1.807, 2.05) is 6.07 Å². The number of hydrogen-bond donors (Lipinski definition) is 0. The van der Waals surface area contributed by atoms with Crippen LogP contribution in [0.25, 0.3) is 11.0 Å². The molecule has 0 amide bonds. The zero-order valence-electron chi connectivity index (χ0n) is 18.8. The number of hydrogen-bond acceptors (Lipinski definition) is 5. The summed E-state index contributed by atoms with van der Waals surface area (Å²) in [7, 11) is -1.44. The van der Waals surface area contributed by atoms with Crippen molar-refractivity contribution in [2.24, 2.45) is 7.05 Å². The van der Waals surface area contributed by atoms with Gasteiger partial charge in [-0.3, -0.25) is 4.90 Å². The van der Waals surface area contributed by atoms with Crippen molar-refractivity contribution in [2.45, 2.75) is 43.8 Å². The van der Waals surface area contributed by atoms with Gasteiger partial charge in [-0.15, -0.1) is 0 Å². The smallest absolute Gasteiger partial charge is 0.243 e. The first-order chi connectivity index (χ1) is 15.5. The molecular formula is C23H31N5O3S. The van der Waals surface area contributed by atoms with Crippen LogP contribution in [0, 0.1) is 0 Å². The molecule has 0 unspecified atom stereocenters. The van der Waals surface area contributed by atoms with Gasteiger partial charge >= 0.3 is 0 Å². The molecule has 0 saturated carbocycles. The van der Waals surface area contributed by atoms with Crippen molar-refractivity contribution in [3.05, 3.63) is 48.0 Å². The Morgan fingerprint density at radius 2 is 1.97 bits per heavy atom. The van der Waals surface area contributed by atoms with Crippen LogP contribution in [0.5, 0.6) is 0 Å². The minimum Gasteiger partial charge on any atom is -0.379 e. The Balaban J connectivity index is 1.46. The number of ether oxygens (including phenoxy) is 1. The highest BCUT2D eigenvalue weighted by Crippen LogP contribution is 2.33. The van der Waals surface area contributed by atoms with Gasteiger partial charge in [-0.1, -0.05) is 0 Å². The summed E-state index contributed by atoms with van der Waals surface area (Å²) in [4.78, 5) is 7.71. The second-order valence-corrected chi connectivity index (χ2v) is 10.5. The van der Waals surface area contributed by atoms with Gasteiger partial charge in [0.25, 0.3) is 0 Å². The number of likely N-dealkylation sites (tertiary alicyclic amines) is 1. The molecule has 0 bridgehead atoms. The maximum atomic E-state index is 13.1. The Morgan fingerprint density at radius 1 is 1.16 bits per heavy atom. The lowest BCUT2D eigenvalue weighted by atomic mass is 10.1. The fourth-order valence-electron chi connectivity index (χ4n) is 5.08. The Kier molecular flexibility index (Phi) is 5.83. The fourth-order valence-corrected chi connectivity index (χ4v) is 6.51. The van der Waals surface area contributed by atoms with E-state index < -0.39 is 10.0 Å². The molecule has 3 aromatic rings. The molecule has 2 fully saturated rings. The molecule has 9 heteroatoms. The zero-order valence-corrected chi connectivity index (χ0v) is 19.6. The van der Waals surface area contributed by atoms with Crippen LogP contribution >= 0.6 is 0 Å². The lowest BCUT2D eigenvalue weighted by molar-refractivity contribution is 0.0730. The van der Waals surface area contributed by atoms with E-state index in [1.165, 1.54) is 16.4 Å². The molecule has 2 aliphatic heterocycles. The van der Waals surface area contributed by atoms with Crippen molar-refractivity contribution in [2.75, 3.05) is 32.8 Å². The monoisotopic (exact) mass is 457 g/mol. The number of rotatable bonds is 6. The van der Waals surface area contributed by atoms with Crippen molar-refractivity contribution in [1.82, 2.24) is 23.3 Å². The summed E-state index contributed by atoms with van der Waals surface area (Å²) in [6, 6.07) is 10.0. The second kappa shape index (κ2) is 8.62. The van der Waals surface area contributed by atoms with Gasteiger partial charge in [0.1, 0.15) is 5.82 Å². The van der Waals surface area contributed by atoms with Crippen molar-refractivity contribution in [1.29, 1.82) is 0 Å². The summed E-state index contributed by atoms with van der Waals surface area (Å²) >= 11 is 0. The van der Waals surface area contributed by atoms with E-state index in [2.05, 4.69) is 46.3 Å². The number of aryl methyl sites for hydroxylation is 2. The van der Waals surface area contributed by atoms with Crippen LogP contribution in [-0.2, 0) is 34.9 Å². The predicted molar refractivity (Wildman–Crippen MR) is 123 cm³/mol. The SMILES string of the molecule is CCn1c(CN2CCC[C@@H]2c2cccn2C)nc2cc(S(=O)(=O)N3CCOCC3)ccc21. The number of benzene rings is 1. The van der Waals surface area contributed by atoms with Crippen LogP contribution in [-0.4, -0.2) is 64.6 Å². The quantitative estimate of drug-likeness (QED) is 0.569. The van der Waals surface area contributed by atoms with E-state index in [9.17, 15) is 8.42 Å². The topological polar surface area (TPSA) is 72.6 Å². The molecule has 32 heavy (non-hydrogen) atoms. The molecule has 0 spiro atoms. The number of nitrogens with zero attached hydrogens (tertiary/aromatic N) is 5. The average Bonchev–Trinajstić information content (AvgIpc) is 3.52. The van der Waals surface area contributed by atoms with E-state index in [0.717, 1.165) is 42.9 Å². The first-order valence-corrected chi connectivity index (χ1v) is 12.9. The summed E-state index contributed by atoms with van der Waals surface area (Å²) in [5, 5.41) is 0. The fraction of sp³-hybridized carbons (Fsp3) is 0.522. The molecule has 0 N–H and O–H groups in total. The number of sulfonamides is 1. The van der Waals surface area contributed by atoms with E-state index in [-0.39, 0.29) is 0 Å². The molecular weight excluding hydrogens is 426 g/mol. The van der Waals surface area contributed by atoms with Crippen LogP contribution in [0.2, 0.25) is 0 Å². The zero-order chi connectivity index (χ0) is 22.3. The average molecular weight is 458 g/mol. The molecule has 1 aromatic carbocycles. The molecule has 5 rings (SSSR count). The van der Waals surface area contributed by atoms with Crippen molar-refractivity contribution < 1.29 is 13.2 Å². The van der Waals surface area contributed by atoms with E-state index in [1.54, 1.807) is 12.1 Å². The summed E-state index contributed by atoms with van der Waals surface area (Å²) in [5.74, 6) is 0.990. The van der Waals surface area contributed by atoms with Crippen LogP contribution in [0.4, 0.5) is 0 Å². The van der Waals surface area contributed by atoms with Crippen molar-refractivity contribution in [3.63, 3.8) is 0 Å². The first kappa shape index (κ1) is 21.6. The minimum absolute atomic E-state index is 0.307. The Labute approximate surface area is 189 Å². The van der Waals surface area contributed by atoms with Crippen LogP contribution in [0.3, 0.4) is 0 Å². The summed E-state index contributed by atoms with van der Waals surface area (Å²) in [6.07, 6.45) is 4.42. The van der Waals surface area contributed by atoms with E-state index in [4.69, 9.17) is 9.72 Å². The van der Waals surface area contributed by atoms with Gasteiger partial charge < -0.3 is 13.9 Å². The van der Waals surface area contributed by atoms with Gasteiger partial charge in [0, 0.05) is 38.6 Å². The standard InChI is InChI=1S/C23H31N5O3S/c1-3-28-20-9-8-18(32(29,30)27-12-14-31-15-13-27)16-19(20)24-23(28)17-26-11-5-7-22(26)21-6-4-10-25(21)2/h4,6,8-10,16,22H,3,5,7,11-15,17H2,1-2H3/t22-/m1/s1. The molecule has 0 radical (unpaired) electrons. The predicted octanol–water partition coefficient (Wildman–Crippen LogP) is 2.75. The van der Waals surface area contributed by atoms with Gasteiger partial charge in [-0.2, -0.15) is 4.31 Å². The van der Waals surface area contributed by atoms with Crippen LogP contribution < -0.4 is 0 Å². The van der Waals surface area contributed by atoms with Gasteiger partial charge in [-0.05, 0) is 56.6 Å². The highest BCUT2D eigenvalue weighted by atomic mass is 32.2. The van der Waals surface area contributed by atoms with Crippen molar-refractivity contribution >= 4 is 21.1 Å². The second-order valence-electron chi connectivity index (χ2n) is 8.61. The highest BCUT2D eigenvalue weighted by Gasteiger charge is 2.30. The minimum atomic E-state index is -3.54. The number of morpholine rings is 1. The van der Waals surface area contributed by atoms with Gasteiger partial charge in [0.05, 0.1) is 41.7 Å². The molecule has 172 valence electrons. The Morgan fingerprint density at radius 3 is 2.69 bits per heavy atom. The summed E-state index contributed by atoms with van der Waals surface area (Å²) < 4.78 is 37.4. The third-order valence-electron chi connectivity index (χ3n) is 6.76. The maximum absolute atomic E-state index is 13.1. The van der Waals surface area contributed by atoms with E-state index >= 15 is 0 Å². The molecule has 2 saturated heterocycles. The van der Waals surface area contributed by atoms with Gasteiger partial charge in [0.2, 0.25) is 10.0 Å². The Hall–Kier alpha value is -2.20. The molecule has 0 aliphatic carbocycles. The molecule has 8 nitrogen and oxygen atoms in total.